The Morgan fingerprint density at radius 1 is 1.44 bits per heavy atom. The molecular formula is C9H9N5O2. The van der Waals surface area contributed by atoms with E-state index < -0.39 is 0 Å². The molecule has 1 aromatic heterocycles. The van der Waals surface area contributed by atoms with Gasteiger partial charge in [0.25, 0.3) is 5.91 Å². The van der Waals surface area contributed by atoms with Crippen molar-refractivity contribution in [1.29, 1.82) is 0 Å². The van der Waals surface area contributed by atoms with E-state index in [2.05, 4.69) is 26.1 Å². The van der Waals surface area contributed by atoms with Crippen molar-refractivity contribution in [2.75, 3.05) is 0 Å². The zero-order valence-electron chi connectivity index (χ0n) is 8.44. The Hall–Kier alpha value is -2.44. The fourth-order valence-corrected chi connectivity index (χ4v) is 1.21. The number of aliphatic imine (C=N–C) groups is 1. The van der Waals surface area contributed by atoms with E-state index in [-0.39, 0.29) is 23.6 Å². The van der Waals surface area contributed by atoms with Gasteiger partial charge in [0.1, 0.15) is 0 Å². The molecule has 0 saturated carbocycles. The van der Waals surface area contributed by atoms with E-state index in [4.69, 9.17) is 0 Å². The number of hydrogen-bond acceptors (Lipinski definition) is 5. The number of amides is 2. The molecule has 0 fully saturated rings. The standard InChI is InChI=1S/C9H9N5O2/c1-5(15)11-9-12-7-6(3-2-4-10-7)8(16)13-14-9/h2-4H,1H3,(H,13,16)(H2,10,11,12,14,15). The minimum absolute atomic E-state index is 0.137. The highest BCUT2D eigenvalue weighted by atomic mass is 16.2. The van der Waals surface area contributed by atoms with E-state index in [9.17, 15) is 9.59 Å². The fourth-order valence-electron chi connectivity index (χ4n) is 1.21. The van der Waals surface area contributed by atoms with Gasteiger partial charge >= 0.3 is 0 Å². The minimum Gasteiger partial charge on any atom is -0.295 e. The molecule has 3 N–H and O–H groups in total. The van der Waals surface area contributed by atoms with Crippen LogP contribution in [0.3, 0.4) is 0 Å². The molecule has 0 aromatic carbocycles. The first kappa shape index (κ1) is 10.1. The summed E-state index contributed by atoms with van der Waals surface area (Å²) in [6, 6.07) is 3.23. The highest BCUT2D eigenvalue weighted by Gasteiger charge is 2.17. The summed E-state index contributed by atoms with van der Waals surface area (Å²) in [6.07, 6.45) is 1.52. The van der Waals surface area contributed by atoms with E-state index in [0.29, 0.717) is 5.56 Å². The van der Waals surface area contributed by atoms with Gasteiger partial charge in [-0.1, -0.05) is 0 Å². The first-order valence-electron chi connectivity index (χ1n) is 4.54. The number of nitrogens with one attached hydrogen (secondary N) is 3. The van der Waals surface area contributed by atoms with Crippen molar-refractivity contribution in [2.24, 2.45) is 4.99 Å². The molecule has 0 spiro atoms. The highest BCUT2D eigenvalue weighted by molar-refractivity contribution is 6.04. The van der Waals surface area contributed by atoms with Crippen LogP contribution in [0.1, 0.15) is 17.3 Å². The number of fused-ring (bicyclic) bond motifs is 1. The Labute approximate surface area is 90.9 Å². The van der Waals surface area contributed by atoms with Gasteiger partial charge < -0.3 is 0 Å². The van der Waals surface area contributed by atoms with E-state index in [1.807, 2.05) is 0 Å². The summed E-state index contributed by atoms with van der Waals surface area (Å²) in [5.74, 6) is -0.251. The van der Waals surface area contributed by atoms with Crippen LogP contribution in [0.25, 0.3) is 0 Å². The van der Waals surface area contributed by atoms with E-state index >= 15 is 0 Å². The predicted molar refractivity (Wildman–Crippen MR) is 55.8 cm³/mol. The number of carbonyl (C=O) groups excluding carboxylic acids is 2. The molecule has 1 aliphatic rings. The smallest absolute Gasteiger partial charge is 0.273 e. The van der Waals surface area contributed by atoms with Gasteiger partial charge in [0, 0.05) is 13.1 Å². The molecule has 0 unspecified atom stereocenters. The summed E-state index contributed by atoms with van der Waals surface area (Å²) in [5, 5.41) is 2.43. The van der Waals surface area contributed by atoms with Crippen LogP contribution >= 0.6 is 0 Å². The molecule has 1 aliphatic heterocycles. The quantitative estimate of drug-likeness (QED) is 0.545. The second kappa shape index (κ2) is 3.97. The van der Waals surface area contributed by atoms with Crippen molar-refractivity contribution in [1.82, 2.24) is 21.2 Å². The second-order valence-electron chi connectivity index (χ2n) is 3.10. The number of pyridine rings is 1. The molecule has 2 rings (SSSR count). The lowest BCUT2D eigenvalue weighted by atomic mass is 10.2. The van der Waals surface area contributed by atoms with Crippen molar-refractivity contribution in [3.63, 3.8) is 0 Å². The molecular weight excluding hydrogens is 210 g/mol. The van der Waals surface area contributed by atoms with Gasteiger partial charge in [-0.3, -0.25) is 25.8 Å². The third kappa shape index (κ3) is 1.97. The first-order valence-corrected chi connectivity index (χ1v) is 4.54. The average Bonchev–Trinajstić information content (AvgIpc) is 2.39. The molecule has 0 bridgehead atoms. The lowest BCUT2D eigenvalue weighted by Crippen LogP contribution is -2.47. The van der Waals surface area contributed by atoms with Crippen molar-refractivity contribution < 1.29 is 9.59 Å². The topological polar surface area (TPSA) is 95.5 Å². The summed E-state index contributed by atoms with van der Waals surface area (Å²) in [7, 11) is 0. The van der Waals surface area contributed by atoms with Gasteiger partial charge in [-0.15, -0.1) is 0 Å². The van der Waals surface area contributed by atoms with Crippen LogP contribution in [0.4, 0.5) is 5.82 Å². The van der Waals surface area contributed by atoms with Gasteiger partial charge in [-0.2, -0.15) is 4.99 Å². The molecule has 16 heavy (non-hydrogen) atoms. The zero-order valence-corrected chi connectivity index (χ0v) is 8.44. The summed E-state index contributed by atoms with van der Waals surface area (Å²) in [5.41, 5.74) is 5.21. The number of hydrogen-bond donors (Lipinski definition) is 3. The van der Waals surface area contributed by atoms with Crippen molar-refractivity contribution in [2.45, 2.75) is 6.92 Å². The molecule has 0 saturated heterocycles. The summed E-state index contributed by atoms with van der Waals surface area (Å²) in [4.78, 5) is 30.3. The van der Waals surface area contributed by atoms with Crippen LogP contribution in [-0.2, 0) is 4.79 Å². The van der Waals surface area contributed by atoms with Gasteiger partial charge in [0.2, 0.25) is 11.9 Å². The number of guanidine groups is 1. The van der Waals surface area contributed by atoms with E-state index in [1.54, 1.807) is 12.1 Å². The largest absolute Gasteiger partial charge is 0.295 e. The highest BCUT2D eigenvalue weighted by Crippen LogP contribution is 2.15. The van der Waals surface area contributed by atoms with Gasteiger partial charge in [-0.05, 0) is 12.1 Å². The second-order valence-corrected chi connectivity index (χ2v) is 3.10. The van der Waals surface area contributed by atoms with Crippen LogP contribution in [-0.4, -0.2) is 22.8 Å². The number of carbonyl (C=O) groups is 2. The van der Waals surface area contributed by atoms with Gasteiger partial charge in [-0.25, -0.2) is 4.98 Å². The van der Waals surface area contributed by atoms with Crippen molar-refractivity contribution >= 4 is 23.6 Å². The molecule has 0 radical (unpaired) electrons. The number of aromatic nitrogens is 1. The van der Waals surface area contributed by atoms with E-state index in [1.165, 1.54) is 13.1 Å². The summed E-state index contributed by atoms with van der Waals surface area (Å²) < 4.78 is 0. The third-order valence-electron chi connectivity index (χ3n) is 1.84. The lowest BCUT2D eigenvalue weighted by molar-refractivity contribution is -0.117. The van der Waals surface area contributed by atoms with Crippen LogP contribution in [0.5, 0.6) is 0 Å². The number of nitrogens with zero attached hydrogens (tertiary/aromatic N) is 2. The number of rotatable bonds is 0. The van der Waals surface area contributed by atoms with Crippen LogP contribution in [0.2, 0.25) is 0 Å². The molecule has 2 heterocycles. The maximum atomic E-state index is 11.5. The van der Waals surface area contributed by atoms with Crippen molar-refractivity contribution in [3.05, 3.63) is 23.9 Å². The Morgan fingerprint density at radius 2 is 2.25 bits per heavy atom. The predicted octanol–water partition coefficient (Wildman–Crippen LogP) is -0.547. The maximum absolute atomic E-state index is 11.5. The van der Waals surface area contributed by atoms with Crippen LogP contribution in [0, 0.1) is 0 Å². The Morgan fingerprint density at radius 3 is 3.00 bits per heavy atom. The van der Waals surface area contributed by atoms with Crippen LogP contribution in [0.15, 0.2) is 23.3 Å². The van der Waals surface area contributed by atoms with Crippen molar-refractivity contribution in [3.8, 4) is 0 Å². The van der Waals surface area contributed by atoms with E-state index in [0.717, 1.165) is 0 Å². The molecule has 1 aromatic rings. The number of hydrazine groups is 1. The molecule has 7 heteroatoms. The molecule has 7 nitrogen and oxygen atoms in total. The first-order chi connectivity index (χ1) is 7.66. The molecule has 0 atom stereocenters. The van der Waals surface area contributed by atoms with Gasteiger partial charge in [0.05, 0.1) is 5.56 Å². The Balaban J connectivity index is 2.39. The molecule has 2 amide bonds. The summed E-state index contributed by atoms with van der Waals surface area (Å²) >= 11 is 0. The third-order valence-corrected chi connectivity index (χ3v) is 1.84. The Kier molecular flexibility index (Phi) is 2.50. The monoisotopic (exact) mass is 219 g/mol. The SMILES string of the molecule is CC(=O)NC1=Nc2ncccc2C(=O)NN1. The molecule has 82 valence electrons. The summed E-state index contributed by atoms with van der Waals surface area (Å²) in [6.45, 7) is 1.34. The fraction of sp³-hybridized carbons (Fsp3) is 0.111. The maximum Gasteiger partial charge on any atom is 0.273 e. The lowest BCUT2D eigenvalue weighted by Gasteiger charge is -2.06. The Bertz CT molecular complexity index is 483. The minimum atomic E-state index is -0.354. The van der Waals surface area contributed by atoms with Gasteiger partial charge in [0.15, 0.2) is 5.82 Å². The zero-order chi connectivity index (χ0) is 11.5. The normalized spacial score (nSPS) is 13.8. The average molecular weight is 219 g/mol. The van der Waals surface area contributed by atoms with Crippen LogP contribution < -0.4 is 16.2 Å². The molecule has 0 aliphatic carbocycles.